The fourth-order valence-electron chi connectivity index (χ4n) is 0.536. The van der Waals surface area contributed by atoms with Crippen LogP contribution in [0.5, 0.6) is 0 Å². The van der Waals surface area contributed by atoms with Gasteiger partial charge >= 0.3 is 0 Å². The van der Waals surface area contributed by atoms with Crippen molar-refractivity contribution in [3.8, 4) is 0 Å². The summed E-state index contributed by atoms with van der Waals surface area (Å²) in [6, 6.07) is -0.905. The van der Waals surface area contributed by atoms with Gasteiger partial charge in [-0.1, -0.05) is 0 Å². The molecule has 2 nitrogen and oxygen atoms in total. The summed E-state index contributed by atoms with van der Waals surface area (Å²) in [6.45, 7) is -0.0174. The highest BCUT2D eigenvalue weighted by Crippen LogP contribution is 2.06. The van der Waals surface area contributed by atoms with Gasteiger partial charge in [0.15, 0.2) is 0 Å². The Hall–Kier alpha value is -0.450. The molecule has 52 valence electrons. The minimum absolute atomic E-state index is 0.0174. The molecule has 0 saturated carbocycles. The molecule has 0 aromatic heterocycles. The van der Waals surface area contributed by atoms with Crippen LogP contribution in [0.25, 0.3) is 0 Å². The molecule has 1 aliphatic heterocycles. The fourth-order valence-corrected chi connectivity index (χ4v) is 0.755. The Morgan fingerprint density at radius 3 is 2.67 bits per heavy atom. The van der Waals surface area contributed by atoms with Gasteiger partial charge in [-0.2, -0.15) is 0 Å². The maximum atomic E-state index is 11.7. The summed E-state index contributed by atoms with van der Waals surface area (Å²) >= 11 is 4.45. The van der Waals surface area contributed by atoms with E-state index in [9.17, 15) is 8.78 Å². The lowest BCUT2D eigenvalue weighted by atomic mass is 10.3. The standard InChI is InChI=1S/C4H5F2NOS/c5-3(6)2-1-8-4(9)7-2/h2-3H,1H2,(H,7,9). The third kappa shape index (κ3) is 1.48. The first-order valence-electron chi connectivity index (χ1n) is 2.41. The third-order valence-corrected chi connectivity index (χ3v) is 1.24. The molecular formula is C4H5F2NOS. The summed E-state index contributed by atoms with van der Waals surface area (Å²) in [6.07, 6.45) is -2.40. The molecule has 1 saturated heterocycles. The zero-order valence-corrected chi connectivity index (χ0v) is 5.25. The van der Waals surface area contributed by atoms with E-state index in [1.807, 2.05) is 0 Å². The normalized spacial score (nSPS) is 26.1. The summed E-state index contributed by atoms with van der Waals surface area (Å²) in [5, 5.41) is 2.38. The average molecular weight is 153 g/mol. The Kier molecular flexibility index (Phi) is 1.80. The summed E-state index contributed by atoms with van der Waals surface area (Å²) in [7, 11) is 0. The smallest absolute Gasteiger partial charge is 0.261 e. The van der Waals surface area contributed by atoms with E-state index < -0.39 is 12.5 Å². The van der Waals surface area contributed by atoms with Gasteiger partial charge in [0.2, 0.25) is 0 Å². The van der Waals surface area contributed by atoms with Gasteiger partial charge in [-0.25, -0.2) is 8.78 Å². The van der Waals surface area contributed by atoms with Crippen LogP contribution in [-0.4, -0.2) is 24.2 Å². The molecule has 0 aromatic rings. The number of rotatable bonds is 1. The number of hydrogen-bond acceptors (Lipinski definition) is 2. The minimum Gasteiger partial charge on any atom is -0.469 e. The van der Waals surface area contributed by atoms with Gasteiger partial charge in [0.05, 0.1) is 0 Å². The van der Waals surface area contributed by atoms with E-state index in [1.165, 1.54) is 0 Å². The quantitative estimate of drug-likeness (QED) is 0.555. The number of hydrogen-bond donors (Lipinski definition) is 1. The van der Waals surface area contributed by atoms with Crippen LogP contribution in [0.3, 0.4) is 0 Å². The first-order chi connectivity index (χ1) is 4.20. The van der Waals surface area contributed by atoms with E-state index in [4.69, 9.17) is 0 Å². The van der Waals surface area contributed by atoms with Crippen LogP contribution >= 0.6 is 12.2 Å². The molecule has 1 fully saturated rings. The number of nitrogens with one attached hydrogen (secondary N) is 1. The number of thiocarbonyl (C=S) groups is 1. The highest BCUT2D eigenvalue weighted by Gasteiger charge is 2.27. The Labute approximate surface area is 56.2 Å². The first-order valence-corrected chi connectivity index (χ1v) is 2.82. The van der Waals surface area contributed by atoms with Gasteiger partial charge < -0.3 is 10.1 Å². The van der Waals surface area contributed by atoms with Crippen molar-refractivity contribution in [3.05, 3.63) is 0 Å². The van der Waals surface area contributed by atoms with Crippen LogP contribution in [0.2, 0.25) is 0 Å². The van der Waals surface area contributed by atoms with Crippen molar-refractivity contribution in [2.45, 2.75) is 12.5 Å². The molecule has 0 amide bonds. The molecule has 1 atom stereocenters. The van der Waals surface area contributed by atoms with Crippen molar-refractivity contribution in [1.29, 1.82) is 0 Å². The molecule has 0 aromatic carbocycles. The summed E-state index contributed by atoms with van der Waals surface area (Å²) in [4.78, 5) is 0. The average Bonchev–Trinajstić information content (AvgIpc) is 2.14. The summed E-state index contributed by atoms with van der Waals surface area (Å²) < 4.78 is 28.0. The molecule has 1 heterocycles. The van der Waals surface area contributed by atoms with Crippen molar-refractivity contribution < 1.29 is 13.5 Å². The molecule has 0 aliphatic carbocycles. The second kappa shape index (κ2) is 2.43. The topological polar surface area (TPSA) is 21.3 Å². The predicted molar refractivity (Wildman–Crippen MR) is 31.5 cm³/mol. The lowest BCUT2D eigenvalue weighted by molar-refractivity contribution is 0.0996. The van der Waals surface area contributed by atoms with E-state index in [0.29, 0.717) is 0 Å². The van der Waals surface area contributed by atoms with Crippen LogP contribution in [0, 0.1) is 0 Å². The molecule has 0 radical (unpaired) electrons. The number of alkyl halides is 2. The molecule has 0 spiro atoms. The van der Waals surface area contributed by atoms with Crippen molar-refractivity contribution in [2.24, 2.45) is 0 Å². The minimum atomic E-state index is -2.40. The predicted octanol–water partition coefficient (Wildman–Crippen LogP) is 0.525. The van der Waals surface area contributed by atoms with E-state index in [1.54, 1.807) is 0 Å². The van der Waals surface area contributed by atoms with E-state index >= 15 is 0 Å². The molecule has 1 N–H and O–H groups in total. The van der Waals surface area contributed by atoms with Gasteiger partial charge in [-0.3, -0.25) is 0 Å². The number of ether oxygens (including phenoxy) is 1. The van der Waals surface area contributed by atoms with E-state index in [-0.39, 0.29) is 11.8 Å². The lowest BCUT2D eigenvalue weighted by Gasteiger charge is -2.03. The Balaban J connectivity index is 2.39. The van der Waals surface area contributed by atoms with Crippen molar-refractivity contribution >= 4 is 17.4 Å². The SMILES string of the molecule is FC(F)C1COC(=S)N1. The summed E-state index contributed by atoms with van der Waals surface area (Å²) in [5.74, 6) is 0. The van der Waals surface area contributed by atoms with E-state index in [2.05, 4.69) is 22.3 Å². The van der Waals surface area contributed by atoms with Crippen LogP contribution in [0.15, 0.2) is 0 Å². The van der Waals surface area contributed by atoms with Crippen molar-refractivity contribution in [1.82, 2.24) is 5.32 Å². The Morgan fingerprint density at radius 2 is 2.44 bits per heavy atom. The molecule has 1 rings (SSSR count). The van der Waals surface area contributed by atoms with Crippen LogP contribution in [-0.2, 0) is 4.74 Å². The molecule has 1 unspecified atom stereocenters. The van der Waals surface area contributed by atoms with Gasteiger partial charge in [0, 0.05) is 0 Å². The maximum absolute atomic E-state index is 11.7. The monoisotopic (exact) mass is 153 g/mol. The van der Waals surface area contributed by atoms with Crippen LogP contribution in [0.4, 0.5) is 8.78 Å². The van der Waals surface area contributed by atoms with Gasteiger partial charge in [0.25, 0.3) is 11.6 Å². The Morgan fingerprint density at radius 1 is 1.78 bits per heavy atom. The second-order valence-corrected chi connectivity index (χ2v) is 2.05. The van der Waals surface area contributed by atoms with Gasteiger partial charge in [-0.15, -0.1) is 0 Å². The zero-order chi connectivity index (χ0) is 6.85. The van der Waals surface area contributed by atoms with E-state index in [0.717, 1.165) is 0 Å². The Bertz CT molecular complexity index is 130. The molecular weight excluding hydrogens is 148 g/mol. The molecule has 9 heavy (non-hydrogen) atoms. The van der Waals surface area contributed by atoms with Gasteiger partial charge in [-0.05, 0) is 12.2 Å². The highest BCUT2D eigenvalue weighted by molar-refractivity contribution is 7.80. The van der Waals surface area contributed by atoms with Crippen LogP contribution in [0.1, 0.15) is 0 Å². The van der Waals surface area contributed by atoms with Gasteiger partial charge in [0.1, 0.15) is 12.6 Å². The highest BCUT2D eigenvalue weighted by atomic mass is 32.1. The summed E-state index contributed by atoms with van der Waals surface area (Å²) in [5.41, 5.74) is 0. The second-order valence-electron chi connectivity index (χ2n) is 1.68. The molecule has 5 heteroatoms. The maximum Gasteiger partial charge on any atom is 0.261 e. The fraction of sp³-hybridized carbons (Fsp3) is 0.750. The van der Waals surface area contributed by atoms with Crippen molar-refractivity contribution in [2.75, 3.05) is 6.61 Å². The molecule has 1 aliphatic rings. The zero-order valence-electron chi connectivity index (χ0n) is 4.43. The molecule has 0 bridgehead atoms. The largest absolute Gasteiger partial charge is 0.469 e. The third-order valence-electron chi connectivity index (χ3n) is 1.00. The number of halogens is 2. The lowest BCUT2D eigenvalue weighted by Crippen LogP contribution is -2.32. The van der Waals surface area contributed by atoms with Crippen LogP contribution < -0.4 is 5.32 Å². The first kappa shape index (κ1) is 6.67. The van der Waals surface area contributed by atoms with Crippen molar-refractivity contribution in [3.63, 3.8) is 0 Å².